The van der Waals surface area contributed by atoms with E-state index in [1.54, 1.807) is 17.9 Å². The van der Waals surface area contributed by atoms with Crippen molar-refractivity contribution in [3.8, 4) is 28.8 Å². The highest BCUT2D eigenvalue weighted by molar-refractivity contribution is 5.92. The van der Waals surface area contributed by atoms with Crippen molar-refractivity contribution >= 4 is 16.9 Å². The van der Waals surface area contributed by atoms with Crippen molar-refractivity contribution in [2.24, 2.45) is 11.8 Å². The summed E-state index contributed by atoms with van der Waals surface area (Å²) >= 11 is 0. The standard InChI is InChI=1S/C30H31N7O2/c1-17(2)25-27(18(3)9-10-33-25)37-29-23(28(35-30(37)38)36-15-20-13-32-14-21(20)16-36)11-19(12-31)26(34-29)22-7-5-6-8-24(22)39-4/h5-11,17,20-21,32H,13-16H2,1-4H3. The van der Waals surface area contributed by atoms with Gasteiger partial charge in [-0.2, -0.15) is 10.2 Å². The average Bonchev–Trinajstić information content (AvgIpc) is 3.55. The Morgan fingerprint density at radius 1 is 1.13 bits per heavy atom. The number of hydrogen-bond donors (Lipinski definition) is 1. The summed E-state index contributed by atoms with van der Waals surface area (Å²) in [6.07, 6.45) is 1.77. The Labute approximate surface area is 227 Å². The fourth-order valence-electron chi connectivity index (χ4n) is 6.02. The van der Waals surface area contributed by atoms with Crippen molar-refractivity contribution in [2.75, 3.05) is 38.2 Å². The van der Waals surface area contributed by atoms with Crippen molar-refractivity contribution in [1.29, 1.82) is 5.26 Å². The van der Waals surface area contributed by atoms with E-state index < -0.39 is 5.69 Å². The molecule has 1 N–H and O–H groups in total. The quantitative estimate of drug-likeness (QED) is 0.422. The van der Waals surface area contributed by atoms with Crippen LogP contribution in [0.3, 0.4) is 0 Å². The third kappa shape index (κ3) is 4.12. The number of aryl methyl sites for hydroxylation is 1. The van der Waals surface area contributed by atoms with Gasteiger partial charge < -0.3 is 15.0 Å². The molecule has 39 heavy (non-hydrogen) atoms. The second-order valence-corrected chi connectivity index (χ2v) is 10.7. The zero-order chi connectivity index (χ0) is 27.3. The first-order valence-corrected chi connectivity index (χ1v) is 13.3. The molecule has 2 fully saturated rings. The van der Waals surface area contributed by atoms with Crippen LogP contribution in [0.2, 0.25) is 0 Å². The van der Waals surface area contributed by atoms with Crippen LogP contribution in [0.15, 0.2) is 47.4 Å². The molecule has 0 spiro atoms. The summed E-state index contributed by atoms with van der Waals surface area (Å²) in [6.45, 7) is 9.61. The van der Waals surface area contributed by atoms with Gasteiger partial charge in [-0.3, -0.25) is 4.98 Å². The Balaban J connectivity index is 1.70. The van der Waals surface area contributed by atoms with Gasteiger partial charge in [0.2, 0.25) is 0 Å². The lowest BCUT2D eigenvalue weighted by atomic mass is 10.0. The molecule has 0 radical (unpaired) electrons. The van der Waals surface area contributed by atoms with Crippen molar-refractivity contribution in [3.63, 3.8) is 0 Å². The molecule has 2 saturated heterocycles. The zero-order valence-electron chi connectivity index (χ0n) is 22.6. The number of nitrogens with zero attached hydrogens (tertiary/aromatic N) is 6. The minimum Gasteiger partial charge on any atom is -0.496 e. The van der Waals surface area contributed by atoms with E-state index in [0.717, 1.165) is 37.4 Å². The lowest BCUT2D eigenvalue weighted by Crippen LogP contribution is -2.32. The van der Waals surface area contributed by atoms with Crippen LogP contribution in [0.4, 0.5) is 5.82 Å². The summed E-state index contributed by atoms with van der Waals surface area (Å²) in [5.41, 5.74) is 3.97. The monoisotopic (exact) mass is 521 g/mol. The first kappa shape index (κ1) is 25.0. The number of nitriles is 1. The molecule has 2 aliphatic rings. The fourth-order valence-corrected chi connectivity index (χ4v) is 6.02. The molecular formula is C30H31N7O2. The van der Waals surface area contributed by atoms with E-state index in [1.807, 2.05) is 43.3 Å². The zero-order valence-corrected chi connectivity index (χ0v) is 22.6. The second kappa shape index (κ2) is 9.79. The topological polar surface area (TPSA) is 109 Å². The first-order valence-electron chi connectivity index (χ1n) is 13.3. The van der Waals surface area contributed by atoms with Crippen molar-refractivity contribution in [3.05, 3.63) is 69.9 Å². The summed E-state index contributed by atoms with van der Waals surface area (Å²) in [5.74, 6) is 2.27. The molecule has 0 aliphatic carbocycles. The normalized spacial score (nSPS) is 18.5. The molecular weight excluding hydrogens is 490 g/mol. The van der Waals surface area contributed by atoms with Crippen LogP contribution in [0.25, 0.3) is 28.0 Å². The van der Waals surface area contributed by atoms with Gasteiger partial charge in [0.1, 0.15) is 17.6 Å². The van der Waals surface area contributed by atoms with E-state index in [1.165, 1.54) is 0 Å². The van der Waals surface area contributed by atoms with Gasteiger partial charge in [-0.05, 0) is 54.5 Å². The molecule has 0 saturated carbocycles. The van der Waals surface area contributed by atoms with Gasteiger partial charge in [0.15, 0.2) is 5.65 Å². The number of para-hydroxylation sites is 1. The summed E-state index contributed by atoms with van der Waals surface area (Å²) in [6, 6.07) is 13.5. The summed E-state index contributed by atoms with van der Waals surface area (Å²) < 4.78 is 7.19. The highest BCUT2D eigenvalue weighted by atomic mass is 16.5. The Bertz CT molecular complexity index is 1680. The summed E-state index contributed by atoms with van der Waals surface area (Å²) in [4.78, 5) is 30.5. The van der Waals surface area contributed by atoms with Crippen molar-refractivity contribution in [2.45, 2.75) is 26.7 Å². The molecule has 2 aliphatic heterocycles. The maximum Gasteiger partial charge on any atom is 0.355 e. The van der Waals surface area contributed by atoms with Crippen LogP contribution in [-0.4, -0.2) is 52.8 Å². The van der Waals surface area contributed by atoms with E-state index in [4.69, 9.17) is 9.72 Å². The number of nitrogens with one attached hydrogen (secondary N) is 1. The largest absolute Gasteiger partial charge is 0.496 e. The number of benzene rings is 1. The number of pyridine rings is 2. The number of hydrogen-bond acceptors (Lipinski definition) is 8. The molecule has 9 nitrogen and oxygen atoms in total. The molecule has 1 aromatic carbocycles. The van der Waals surface area contributed by atoms with E-state index in [9.17, 15) is 10.1 Å². The van der Waals surface area contributed by atoms with Crippen LogP contribution in [0, 0.1) is 30.1 Å². The highest BCUT2D eigenvalue weighted by Gasteiger charge is 2.38. The molecule has 198 valence electrons. The Morgan fingerprint density at radius 2 is 1.87 bits per heavy atom. The minimum atomic E-state index is -0.408. The Kier molecular flexibility index (Phi) is 6.28. The molecule has 2 atom stereocenters. The lowest BCUT2D eigenvalue weighted by Gasteiger charge is -2.23. The van der Waals surface area contributed by atoms with Crippen molar-refractivity contribution in [1.82, 2.24) is 24.8 Å². The molecule has 0 amide bonds. The number of aromatic nitrogens is 4. The highest BCUT2D eigenvalue weighted by Crippen LogP contribution is 2.37. The molecule has 3 aromatic heterocycles. The molecule has 4 aromatic rings. The predicted molar refractivity (Wildman–Crippen MR) is 151 cm³/mol. The number of ether oxygens (including phenoxy) is 1. The van der Waals surface area contributed by atoms with Gasteiger partial charge in [-0.15, -0.1) is 0 Å². The number of methoxy groups -OCH3 is 1. The molecule has 9 heteroatoms. The molecule has 0 bridgehead atoms. The van der Waals surface area contributed by atoms with Crippen LogP contribution in [0.5, 0.6) is 5.75 Å². The maximum atomic E-state index is 14.0. The van der Waals surface area contributed by atoms with Gasteiger partial charge in [0, 0.05) is 37.9 Å². The van der Waals surface area contributed by atoms with Gasteiger partial charge in [0.05, 0.1) is 35.1 Å². The average molecular weight is 522 g/mol. The molecule has 6 rings (SSSR count). The number of anilines is 1. The minimum absolute atomic E-state index is 0.0686. The van der Waals surface area contributed by atoms with E-state index in [-0.39, 0.29) is 5.92 Å². The van der Waals surface area contributed by atoms with Gasteiger partial charge in [-0.1, -0.05) is 26.0 Å². The third-order valence-electron chi connectivity index (χ3n) is 7.94. The molecule has 2 unspecified atom stereocenters. The van der Waals surface area contributed by atoms with Crippen LogP contribution in [-0.2, 0) is 0 Å². The number of fused-ring (bicyclic) bond motifs is 2. The first-order chi connectivity index (χ1) is 18.9. The smallest absolute Gasteiger partial charge is 0.355 e. The van der Waals surface area contributed by atoms with Crippen LogP contribution < -0.4 is 20.6 Å². The van der Waals surface area contributed by atoms with Crippen LogP contribution in [0.1, 0.15) is 36.6 Å². The number of rotatable bonds is 5. The van der Waals surface area contributed by atoms with E-state index in [0.29, 0.717) is 56.9 Å². The second-order valence-electron chi connectivity index (χ2n) is 10.7. The summed E-state index contributed by atoms with van der Waals surface area (Å²) in [7, 11) is 1.59. The van der Waals surface area contributed by atoms with Gasteiger partial charge in [-0.25, -0.2) is 14.3 Å². The van der Waals surface area contributed by atoms with E-state index in [2.05, 4.69) is 40.1 Å². The molecule has 5 heterocycles. The predicted octanol–water partition coefficient (Wildman–Crippen LogP) is 3.81. The Morgan fingerprint density at radius 3 is 2.56 bits per heavy atom. The third-order valence-corrected chi connectivity index (χ3v) is 7.94. The van der Waals surface area contributed by atoms with Gasteiger partial charge >= 0.3 is 5.69 Å². The fraction of sp³-hybridized carbons (Fsp3) is 0.367. The van der Waals surface area contributed by atoms with Crippen molar-refractivity contribution < 1.29 is 4.74 Å². The lowest BCUT2D eigenvalue weighted by molar-refractivity contribution is 0.416. The Hall–Kier alpha value is -4.29. The van der Waals surface area contributed by atoms with Gasteiger partial charge in [0.25, 0.3) is 0 Å². The summed E-state index contributed by atoms with van der Waals surface area (Å²) in [5, 5.41) is 14.4. The maximum absolute atomic E-state index is 14.0. The van der Waals surface area contributed by atoms with Crippen LogP contribution >= 0.6 is 0 Å². The van der Waals surface area contributed by atoms with E-state index >= 15 is 0 Å². The SMILES string of the molecule is COc1ccccc1-c1nc2c(cc1C#N)c(N1CC3CNCC3C1)nc(=O)n2-c1c(C)ccnc1C(C)C.